The maximum absolute atomic E-state index is 12.4. The topological polar surface area (TPSA) is 69.5 Å². The van der Waals surface area contributed by atoms with Gasteiger partial charge in [-0.15, -0.1) is 11.3 Å². The second-order valence-corrected chi connectivity index (χ2v) is 6.65. The fourth-order valence-corrected chi connectivity index (χ4v) is 3.35. The van der Waals surface area contributed by atoms with E-state index < -0.39 is 0 Å². The fraction of sp³-hybridized carbons (Fsp3) is 0.667. The molecule has 0 spiro atoms. The second-order valence-electron chi connectivity index (χ2n) is 5.71. The summed E-state index contributed by atoms with van der Waals surface area (Å²) in [6.07, 6.45) is 0. The maximum atomic E-state index is 12.4. The Morgan fingerprint density at radius 1 is 1.45 bits per heavy atom. The third kappa shape index (κ3) is 3.83. The highest BCUT2D eigenvalue weighted by Crippen LogP contribution is 2.16. The van der Waals surface area contributed by atoms with Gasteiger partial charge in [-0.25, -0.2) is 4.98 Å². The van der Waals surface area contributed by atoms with Gasteiger partial charge in [0.2, 0.25) is 0 Å². The standard InChI is InChI=1S/C15H22N4O2S/c1-11(2)13(8-16)18-4-6-19(7-5-18)15(20)12-10-22-14(17-12)9-21-3/h10-11,13H,4-7,9H2,1-3H3. The molecule has 22 heavy (non-hydrogen) atoms. The molecule has 1 atom stereocenters. The molecule has 1 saturated heterocycles. The van der Waals surface area contributed by atoms with Crippen LogP contribution in [-0.4, -0.2) is 60.0 Å². The van der Waals surface area contributed by atoms with Crippen molar-refractivity contribution < 1.29 is 9.53 Å². The number of nitriles is 1. The van der Waals surface area contributed by atoms with Gasteiger partial charge in [0.1, 0.15) is 16.7 Å². The first-order valence-electron chi connectivity index (χ1n) is 7.43. The largest absolute Gasteiger partial charge is 0.378 e. The van der Waals surface area contributed by atoms with Crippen LogP contribution in [0.5, 0.6) is 0 Å². The monoisotopic (exact) mass is 322 g/mol. The highest BCUT2D eigenvalue weighted by molar-refractivity contribution is 7.09. The first kappa shape index (κ1) is 16.9. The zero-order valence-electron chi connectivity index (χ0n) is 13.3. The Morgan fingerprint density at radius 3 is 2.68 bits per heavy atom. The van der Waals surface area contributed by atoms with Crippen LogP contribution in [0.25, 0.3) is 0 Å². The van der Waals surface area contributed by atoms with E-state index in [1.807, 2.05) is 4.90 Å². The minimum atomic E-state index is -0.0789. The van der Waals surface area contributed by atoms with Crippen molar-refractivity contribution in [1.82, 2.24) is 14.8 Å². The van der Waals surface area contributed by atoms with E-state index in [-0.39, 0.29) is 11.9 Å². The summed E-state index contributed by atoms with van der Waals surface area (Å²) in [5, 5.41) is 11.9. The number of carbonyl (C=O) groups is 1. The molecule has 120 valence electrons. The van der Waals surface area contributed by atoms with E-state index in [2.05, 4.69) is 29.8 Å². The number of hydrogen-bond acceptors (Lipinski definition) is 6. The molecular formula is C15H22N4O2S. The van der Waals surface area contributed by atoms with Crippen LogP contribution in [0, 0.1) is 17.2 Å². The van der Waals surface area contributed by atoms with Crippen molar-refractivity contribution in [3.05, 3.63) is 16.1 Å². The maximum Gasteiger partial charge on any atom is 0.273 e. The van der Waals surface area contributed by atoms with E-state index in [0.717, 1.165) is 18.1 Å². The smallest absolute Gasteiger partial charge is 0.273 e. The van der Waals surface area contributed by atoms with Crippen LogP contribution in [0.2, 0.25) is 0 Å². The Morgan fingerprint density at radius 2 is 2.14 bits per heavy atom. The summed E-state index contributed by atoms with van der Waals surface area (Å²) >= 11 is 1.44. The number of aromatic nitrogens is 1. The number of nitrogens with zero attached hydrogens (tertiary/aromatic N) is 4. The van der Waals surface area contributed by atoms with Crippen molar-refractivity contribution in [3.63, 3.8) is 0 Å². The van der Waals surface area contributed by atoms with Crippen LogP contribution in [0.1, 0.15) is 29.3 Å². The van der Waals surface area contributed by atoms with Gasteiger partial charge in [0.25, 0.3) is 5.91 Å². The van der Waals surface area contributed by atoms with Crippen molar-refractivity contribution in [2.45, 2.75) is 26.5 Å². The molecule has 1 aromatic heterocycles. The van der Waals surface area contributed by atoms with Crippen LogP contribution >= 0.6 is 11.3 Å². The molecule has 2 heterocycles. The van der Waals surface area contributed by atoms with Gasteiger partial charge in [0.15, 0.2) is 0 Å². The van der Waals surface area contributed by atoms with Gasteiger partial charge in [0, 0.05) is 38.7 Å². The first-order valence-corrected chi connectivity index (χ1v) is 8.31. The van der Waals surface area contributed by atoms with Crippen LogP contribution in [0.3, 0.4) is 0 Å². The van der Waals surface area contributed by atoms with Crippen molar-refractivity contribution >= 4 is 17.2 Å². The molecule has 0 saturated carbocycles. The van der Waals surface area contributed by atoms with Crippen molar-refractivity contribution in [2.24, 2.45) is 5.92 Å². The Balaban J connectivity index is 1.93. The lowest BCUT2D eigenvalue weighted by Crippen LogP contribution is -2.52. The summed E-state index contributed by atoms with van der Waals surface area (Å²) < 4.78 is 5.03. The minimum absolute atomic E-state index is 0.0312. The van der Waals surface area contributed by atoms with Crippen LogP contribution in [0.4, 0.5) is 0 Å². The number of piperazine rings is 1. The zero-order chi connectivity index (χ0) is 16.1. The number of rotatable bonds is 5. The van der Waals surface area contributed by atoms with E-state index in [0.29, 0.717) is 31.3 Å². The number of hydrogen-bond donors (Lipinski definition) is 0. The normalized spacial score (nSPS) is 17.5. The lowest BCUT2D eigenvalue weighted by Gasteiger charge is -2.37. The van der Waals surface area contributed by atoms with Gasteiger partial charge in [-0.3, -0.25) is 9.69 Å². The Labute approximate surface area is 135 Å². The van der Waals surface area contributed by atoms with Gasteiger partial charge in [-0.05, 0) is 5.92 Å². The van der Waals surface area contributed by atoms with Crippen LogP contribution in [0.15, 0.2) is 5.38 Å². The van der Waals surface area contributed by atoms with E-state index in [1.54, 1.807) is 12.5 Å². The SMILES string of the molecule is COCc1nc(C(=O)N2CCN(C(C#N)C(C)C)CC2)cs1. The quantitative estimate of drug-likeness (QED) is 0.823. The summed E-state index contributed by atoms with van der Waals surface area (Å²) in [6, 6.07) is 2.28. The summed E-state index contributed by atoms with van der Waals surface area (Å²) in [6.45, 7) is 7.29. The minimum Gasteiger partial charge on any atom is -0.378 e. The predicted octanol–water partition coefficient (Wildman–Crippen LogP) is 1.60. The number of ether oxygens (including phenoxy) is 1. The Bertz CT molecular complexity index is 544. The lowest BCUT2D eigenvalue weighted by molar-refractivity contribution is 0.0571. The molecule has 6 nitrogen and oxygen atoms in total. The second kappa shape index (κ2) is 7.68. The number of thiazole rings is 1. The average Bonchev–Trinajstić information content (AvgIpc) is 2.97. The highest BCUT2D eigenvalue weighted by atomic mass is 32.1. The van der Waals surface area contributed by atoms with Crippen LogP contribution in [-0.2, 0) is 11.3 Å². The summed E-state index contributed by atoms with van der Waals surface area (Å²) in [7, 11) is 1.61. The third-order valence-corrected chi connectivity index (χ3v) is 4.62. The van der Waals surface area contributed by atoms with E-state index in [4.69, 9.17) is 4.74 Å². The molecule has 7 heteroatoms. The van der Waals surface area contributed by atoms with Crippen molar-refractivity contribution in [1.29, 1.82) is 5.26 Å². The number of amides is 1. The third-order valence-electron chi connectivity index (χ3n) is 3.80. The molecule has 1 aliphatic heterocycles. The molecule has 0 aliphatic carbocycles. The molecule has 1 fully saturated rings. The fourth-order valence-electron chi connectivity index (χ4n) is 2.62. The van der Waals surface area contributed by atoms with Gasteiger partial charge < -0.3 is 9.64 Å². The van der Waals surface area contributed by atoms with Gasteiger partial charge in [-0.1, -0.05) is 13.8 Å². The van der Waals surface area contributed by atoms with Gasteiger partial charge >= 0.3 is 0 Å². The predicted molar refractivity (Wildman–Crippen MR) is 84.5 cm³/mol. The summed E-state index contributed by atoms with van der Waals surface area (Å²) in [5.74, 6) is 0.263. The molecular weight excluding hydrogens is 300 g/mol. The lowest BCUT2D eigenvalue weighted by atomic mass is 10.0. The first-order chi connectivity index (χ1) is 10.6. The van der Waals surface area contributed by atoms with Gasteiger partial charge in [-0.2, -0.15) is 5.26 Å². The van der Waals surface area contributed by atoms with Crippen molar-refractivity contribution in [3.8, 4) is 6.07 Å². The molecule has 1 unspecified atom stereocenters. The number of carbonyl (C=O) groups excluding carboxylic acids is 1. The molecule has 1 aliphatic rings. The highest BCUT2D eigenvalue weighted by Gasteiger charge is 2.28. The van der Waals surface area contributed by atoms with Crippen LogP contribution < -0.4 is 0 Å². The molecule has 2 rings (SSSR count). The average molecular weight is 322 g/mol. The van der Waals surface area contributed by atoms with Gasteiger partial charge in [0.05, 0.1) is 12.7 Å². The molecule has 0 aromatic carbocycles. The van der Waals surface area contributed by atoms with E-state index in [1.165, 1.54) is 11.3 Å². The Hall–Kier alpha value is -1.49. The summed E-state index contributed by atoms with van der Waals surface area (Å²) in [4.78, 5) is 20.7. The summed E-state index contributed by atoms with van der Waals surface area (Å²) in [5.41, 5.74) is 0.492. The van der Waals surface area contributed by atoms with Crippen molar-refractivity contribution in [2.75, 3.05) is 33.3 Å². The van der Waals surface area contributed by atoms with E-state index >= 15 is 0 Å². The molecule has 0 N–H and O–H groups in total. The molecule has 1 amide bonds. The van der Waals surface area contributed by atoms with E-state index in [9.17, 15) is 10.1 Å². The number of methoxy groups -OCH3 is 1. The molecule has 0 radical (unpaired) electrons. The zero-order valence-corrected chi connectivity index (χ0v) is 14.1. The molecule has 1 aromatic rings. The Kier molecular flexibility index (Phi) is 5.89. The molecule has 0 bridgehead atoms.